The zero-order valence-electron chi connectivity index (χ0n) is 26.7. The highest BCUT2D eigenvalue weighted by molar-refractivity contribution is 6.01. The molecule has 1 aliphatic carbocycles. The first-order valence-electron chi connectivity index (χ1n) is 15.4. The summed E-state index contributed by atoms with van der Waals surface area (Å²) in [5, 5.41) is 12.4. The molecule has 3 aromatic carbocycles. The fourth-order valence-corrected chi connectivity index (χ4v) is 5.85. The minimum Gasteiger partial charge on any atom is -0.497 e. The van der Waals surface area contributed by atoms with Crippen LogP contribution in [-0.2, 0) is 62.6 Å². The molecule has 3 unspecified atom stereocenters. The Bertz CT molecular complexity index is 1500. The summed E-state index contributed by atoms with van der Waals surface area (Å²) in [7, 11) is 2.64. The van der Waals surface area contributed by atoms with Gasteiger partial charge >= 0.3 is 5.97 Å². The molecule has 0 amide bonds. The molecule has 248 valence electrons. The normalized spacial score (nSPS) is 23.7. The monoisotopic (exact) mass is 644 g/mol. The average Bonchev–Trinajstić information content (AvgIpc) is 3.09. The van der Waals surface area contributed by atoms with Crippen LogP contribution in [0.5, 0.6) is 0 Å². The SMILES string of the molecule is COC1=CC(=O)C=C(OC)C1(O)[C@@H]1OC(COCc2ccccc2)[C@@H](OCc2ccccc2)C(OCc2ccccc2)C1OC(C)=O. The molecule has 47 heavy (non-hydrogen) atoms. The number of carbonyl (C=O) groups excluding carboxylic acids is 2. The Morgan fingerprint density at radius 3 is 1.66 bits per heavy atom. The smallest absolute Gasteiger partial charge is 0.303 e. The molecule has 5 rings (SSSR count). The molecular weight excluding hydrogens is 604 g/mol. The number of carbonyl (C=O) groups is 2. The maximum Gasteiger partial charge on any atom is 0.303 e. The van der Waals surface area contributed by atoms with Gasteiger partial charge in [-0.1, -0.05) is 91.0 Å². The molecule has 1 fully saturated rings. The number of hydrogen-bond acceptors (Lipinski definition) is 10. The van der Waals surface area contributed by atoms with Crippen LogP contribution in [0.15, 0.2) is 115 Å². The van der Waals surface area contributed by atoms with Crippen molar-refractivity contribution in [2.45, 2.75) is 62.9 Å². The maximum atomic E-state index is 12.7. The number of ether oxygens (including phenoxy) is 7. The van der Waals surface area contributed by atoms with Crippen molar-refractivity contribution in [2.75, 3.05) is 20.8 Å². The van der Waals surface area contributed by atoms with E-state index in [1.807, 2.05) is 91.0 Å². The predicted molar refractivity (Wildman–Crippen MR) is 170 cm³/mol. The highest BCUT2D eigenvalue weighted by atomic mass is 16.6. The molecule has 10 nitrogen and oxygen atoms in total. The van der Waals surface area contributed by atoms with Gasteiger partial charge in [-0.25, -0.2) is 0 Å². The van der Waals surface area contributed by atoms with Crippen LogP contribution in [-0.4, -0.2) is 73.8 Å². The first-order valence-corrected chi connectivity index (χ1v) is 15.4. The minimum absolute atomic E-state index is 0.0237. The first-order chi connectivity index (χ1) is 22.8. The lowest BCUT2D eigenvalue weighted by molar-refractivity contribution is -0.292. The van der Waals surface area contributed by atoms with Crippen LogP contribution >= 0.6 is 0 Å². The quantitative estimate of drug-likeness (QED) is 0.252. The van der Waals surface area contributed by atoms with Gasteiger partial charge in [-0.3, -0.25) is 9.59 Å². The number of allylic oxidation sites excluding steroid dienone is 2. The molecule has 5 atom stereocenters. The molecular formula is C37H40O10. The van der Waals surface area contributed by atoms with Crippen molar-refractivity contribution >= 4 is 11.8 Å². The third-order valence-electron chi connectivity index (χ3n) is 8.05. The largest absolute Gasteiger partial charge is 0.497 e. The van der Waals surface area contributed by atoms with E-state index in [4.69, 9.17) is 33.2 Å². The molecule has 0 bridgehead atoms. The Balaban J connectivity index is 1.57. The molecule has 0 aromatic heterocycles. The standard InChI is InChI=1S/C37H40O10/c1-25(38)46-35-34(45-23-28-17-11-6-12-18-28)33(44-22-27-15-9-5-10-16-27)30(24-43-21-26-13-7-4-8-14-26)47-36(35)37(40)31(41-2)19-29(39)20-32(37)42-3/h4-20,30,33-36,40H,21-24H2,1-3H3/t30?,33-,34?,35?,36-/m1/s1. The number of aliphatic hydroxyl groups is 1. The third kappa shape index (κ3) is 8.16. The van der Waals surface area contributed by atoms with Crippen LogP contribution in [0.2, 0.25) is 0 Å². The Labute approximate surface area is 274 Å². The summed E-state index contributed by atoms with van der Waals surface area (Å²) in [6, 6.07) is 28.8. The van der Waals surface area contributed by atoms with Crippen molar-refractivity contribution < 1.29 is 47.9 Å². The van der Waals surface area contributed by atoms with Gasteiger partial charge < -0.3 is 38.3 Å². The van der Waals surface area contributed by atoms with Gasteiger partial charge in [0.2, 0.25) is 5.60 Å². The Kier molecular flexibility index (Phi) is 11.6. The van der Waals surface area contributed by atoms with E-state index in [2.05, 4.69) is 0 Å². The molecule has 1 aliphatic heterocycles. The molecule has 1 heterocycles. The van der Waals surface area contributed by atoms with Gasteiger partial charge in [0.15, 0.2) is 11.9 Å². The summed E-state index contributed by atoms with van der Waals surface area (Å²) in [6.07, 6.45) is -3.00. The lowest BCUT2D eigenvalue weighted by Gasteiger charge is -2.50. The van der Waals surface area contributed by atoms with Crippen LogP contribution in [0.25, 0.3) is 0 Å². The number of rotatable bonds is 14. The van der Waals surface area contributed by atoms with Gasteiger partial charge in [-0.15, -0.1) is 0 Å². The van der Waals surface area contributed by atoms with Gasteiger partial charge in [0, 0.05) is 19.1 Å². The Hall–Kier alpha value is -4.32. The maximum absolute atomic E-state index is 12.7. The van der Waals surface area contributed by atoms with Crippen molar-refractivity contribution in [1.29, 1.82) is 0 Å². The number of hydrogen-bond donors (Lipinski definition) is 1. The van der Waals surface area contributed by atoms with E-state index < -0.39 is 47.9 Å². The van der Waals surface area contributed by atoms with E-state index in [1.54, 1.807) is 0 Å². The lowest BCUT2D eigenvalue weighted by Crippen LogP contribution is -2.68. The number of methoxy groups -OCH3 is 2. The van der Waals surface area contributed by atoms with Gasteiger partial charge in [0.1, 0.15) is 35.9 Å². The molecule has 0 radical (unpaired) electrons. The molecule has 0 saturated carbocycles. The van der Waals surface area contributed by atoms with Crippen LogP contribution < -0.4 is 0 Å². The minimum atomic E-state index is -2.19. The zero-order chi connectivity index (χ0) is 33.2. The van der Waals surface area contributed by atoms with Gasteiger partial charge in [-0.05, 0) is 16.7 Å². The molecule has 10 heteroatoms. The predicted octanol–water partition coefficient (Wildman–Crippen LogP) is 4.45. The summed E-state index contributed by atoms with van der Waals surface area (Å²) in [5.41, 5.74) is 0.541. The second-order valence-corrected chi connectivity index (χ2v) is 11.3. The molecule has 2 aliphatic rings. The number of esters is 1. The van der Waals surface area contributed by atoms with Crippen LogP contribution in [0, 0.1) is 0 Å². The highest BCUT2D eigenvalue weighted by Gasteiger charge is 2.61. The van der Waals surface area contributed by atoms with Crippen molar-refractivity contribution in [2.24, 2.45) is 0 Å². The number of ketones is 1. The average molecular weight is 645 g/mol. The van der Waals surface area contributed by atoms with Crippen LogP contribution in [0.3, 0.4) is 0 Å². The van der Waals surface area contributed by atoms with Crippen molar-refractivity contribution in [3.63, 3.8) is 0 Å². The van der Waals surface area contributed by atoms with E-state index in [1.165, 1.54) is 21.1 Å². The van der Waals surface area contributed by atoms with E-state index in [0.29, 0.717) is 0 Å². The molecule has 0 spiro atoms. The molecule has 3 aromatic rings. The fraction of sp³-hybridized carbons (Fsp3) is 0.351. The lowest BCUT2D eigenvalue weighted by atomic mass is 9.79. The summed E-state index contributed by atoms with van der Waals surface area (Å²) < 4.78 is 42.9. The fourth-order valence-electron chi connectivity index (χ4n) is 5.85. The van der Waals surface area contributed by atoms with E-state index >= 15 is 0 Å². The van der Waals surface area contributed by atoms with E-state index in [-0.39, 0.29) is 37.9 Å². The second kappa shape index (κ2) is 16.0. The van der Waals surface area contributed by atoms with Gasteiger partial charge in [0.05, 0.1) is 40.6 Å². The van der Waals surface area contributed by atoms with Gasteiger partial charge in [0.25, 0.3) is 0 Å². The van der Waals surface area contributed by atoms with E-state index in [9.17, 15) is 14.7 Å². The second-order valence-electron chi connectivity index (χ2n) is 11.3. The topological polar surface area (TPSA) is 119 Å². The summed E-state index contributed by atoms with van der Waals surface area (Å²) in [4.78, 5) is 25.2. The van der Waals surface area contributed by atoms with Crippen molar-refractivity contribution in [1.82, 2.24) is 0 Å². The van der Waals surface area contributed by atoms with Crippen molar-refractivity contribution in [3.05, 3.63) is 131 Å². The van der Waals surface area contributed by atoms with Gasteiger partial charge in [-0.2, -0.15) is 0 Å². The van der Waals surface area contributed by atoms with E-state index in [0.717, 1.165) is 28.8 Å². The Morgan fingerprint density at radius 1 is 0.723 bits per heavy atom. The number of benzene rings is 3. The molecule has 1 N–H and O–H groups in total. The molecule has 1 saturated heterocycles. The van der Waals surface area contributed by atoms with Crippen LogP contribution in [0.1, 0.15) is 23.6 Å². The zero-order valence-corrected chi connectivity index (χ0v) is 26.7. The first kappa shape index (κ1) is 34.0. The van der Waals surface area contributed by atoms with Crippen LogP contribution in [0.4, 0.5) is 0 Å². The summed E-state index contributed by atoms with van der Waals surface area (Å²) in [5.74, 6) is -1.37. The summed E-state index contributed by atoms with van der Waals surface area (Å²) >= 11 is 0. The third-order valence-corrected chi connectivity index (χ3v) is 8.05. The highest BCUT2D eigenvalue weighted by Crippen LogP contribution is 2.43. The Morgan fingerprint density at radius 2 is 1.19 bits per heavy atom. The summed E-state index contributed by atoms with van der Waals surface area (Å²) in [6.45, 7) is 1.89. The van der Waals surface area contributed by atoms with Crippen molar-refractivity contribution in [3.8, 4) is 0 Å².